The van der Waals surface area contributed by atoms with Crippen LogP contribution in [0.3, 0.4) is 0 Å². The van der Waals surface area contributed by atoms with E-state index in [1.54, 1.807) is 6.20 Å². The molecule has 3 heterocycles. The van der Waals surface area contributed by atoms with E-state index in [0.29, 0.717) is 25.7 Å². The summed E-state index contributed by atoms with van der Waals surface area (Å²) in [6.45, 7) is 2.89. The van der Waals surface area contributed by atoms with Crippen LogP contribution in [0.4, 0.5) is 0 Å². The molecule has 132 valence electrons. The molecule has 0 aliphatic carbocycles. The molecule has 0 spiro atoms. The number of rotatable bonds is 5. The maximum Gasteiger partial charge on any atom is 0.250 e. The van der Waals surface area contributed by atoms with Gasteiger partial charge in [-0.25, -0.2) is 0 Å². The monoisotopic (exact) mass is 367 g/mol. The van der Waals surface area contributed by atoms with E-state index in [-0.39, 0.29) is 12.0 Å². The van der Waals surface area contributed by atoms with Crippen LogP contribution < -0.4 is 5.32 Å². The third-order valence-corrected chi connectivity index (χ3v) is 6.79. The Bertz CT molecular complexity index is 510. The molecule has 24 heavy (non-hydrogen) atoms. The minimum Gasteiger partial charge on any atom is -0.366 e. The van der Waals surface area contributed by atoms with Crippen molar-refractivity contribution in [2.75, 3.05) is 49.3 Å². The van der Waals surface area contributed by atoms with Crippen molar-refractivity contribution < 1.29 is 9.53 Å². The number of thioether (sulfide) groups is 2. The minimum absolute atomic E-state index is 0.00422. The Morgan fingerprint density at radius 1 is 1.33 bits per heavy atom. The van der Waals surface area contributed by atoms with Gasteiger partial charge in [-0.1, -0.05) is 6.07 Å². The van der Waals surface area contributed by atoms with Gasteiger partial charge in [0, 0.05) is 67.0 Å². The zero-order valence-electron chi connectivity index (χ0n) is 13.9. The Labute approximate surface area is 152 Å². The average Bonchev–Trinajstić information content (AvgIpc) is 2.92. The second-order valence-corrected chi connectivity index (χ2v) is 8.32. The number of pyridine rings is 1. The summed E-state index contributed by atoms with van der Waals surface area (Å²) in [5.41, 5.74) is 0.997. The first kappa shape index (κ1) is 18.0. The molecule has 2 aliphatic rings. The normalized spacial score (nSPS) is 23.6. The van der Waals surface area contributed by atoms with Crippen LogP contribution in [-0.2, 0) is 16.0 Å². The number of hydrogen-bond acceptors (Lipinski definition) is 6. The van der Waals surface area contributed by atoms with Crippen molar-refractivity contribution in [1.29, 1.82) is 0 Å². The van der Waals surface area contributed by atoms with Gasteiger partial charge in [-0.3, -0.25) is 14.7 Å². The lowest BCUT2D eigenvalue weighted by Gasteiger charge is -2.37. The number of amides is 1. The van der Waals surface area contributed by atoms with E-state index in [0.717, 1.165) is 18.7 Å². The highest BCUT2D eigenvalue weighted by Gasteiger charge is 2.30. The quantitative estimate of drug-likeness (QED) is 0.846. The number of nitrogens with one attached hydrogen (secondary N) is 1. The summed E-state index contributed by atoms with van der Waals surface area (Å²) in [6.07, 6.45) is 2.18. The molecule has 5 nitrogen and oxygen atoms in total. The molecule has 0 unspecified atom stereocenters. The molecule has 2 fully saturated rings. The molecule has 7 heteroatoms. The first-order valence-corrected chi connectivity index (χ1v) is 10.8. The second-order valence-electron chi connectivity index (χ2n) is 6.02. The van der Waals surface area contributed by atoms with Crippen LogP contribution in [0, 0.1) is 0 Å². The number of nitrogens with zero attached hydrogens (tertiary/aromatic N) is 2. The number of hydrogen-bond donors (Lipinski definition) is 1. The molecular formula is C17H25N3O2S2. The van der Waals surface area contributed by atoms with Crippen LogP contribution in [0.15, 0.2) is 24.4 Å². The Hall–Kier alpha value is -0.760. The number of carbonyl (C=O) groups is 1. The van der Waals surface area contributed by atoms with E-state index in [1.807, 2.05) is 41.7 Å². The molecule has 1 atom stereocenters. The van der Waals surface area contributed by atoms with E-state index in [2.05, 4.69) is 15.2 Å². The summed E-state index contributed by atoms with van der Waals surface area (Å²) in [5.74, 6) is 4.82. The SMILES string of the molecule is O=C(NCCc1ccccn1)[C@@H]1CN(C2CSCCSC2)CCO1. The molecule has 0 radical (unpaired) electrons. The second kappa shape index (κ2) is 9.65. The summed E-state index contributed by atoms with van der Waals surface area (Å²) >= 11 is 4.06. The molecule has 1 N–H and O–H groups in total. The standard InChI is InChI=1S/C17H25N3O2S2/c21-17(19-6-4-14-3-1-2-5-18-14)16-11-20(7-8-22-16)15-12-23-9-10-24-13-15/h1-3,5,15-16H,4,6-13H2,(H,19,21)/t16-/m0/s1. The zero-order valence-corrected chi connectivity index (χ0v) is 15.5. The Morgan fingerprint density at radius 2 is 2.17 bits per heavy atom. The third kappa shape index (κ3) is 5.37. The van der Waals surface area contributed by atoms with Crippen molar-refractivity contribution >= 4 is 29.4 Å². The maximum absolute atomic E-state index is 12.4. The molecule has 0 bridgehead atoms. The van der Waals surface area contributed by atoms with Crippen molar-refractivity contribution in [3.05, 3.63) is 30.1 Å². The Morgan fingerprint density at radius 3 is 2.92 bits per heavy atom. The number of ether oxygens (including phenoxy) is 1. The molecule has 0 saturated carbocycles. The van der Waals surface area contributed by atoms with E-state index >= 15 is 0 Å². The number of morpholine rings is 1. The van der Waals surface area contributed by atoms with Gasteiger partial charge < -0.3 is 10.1 Å². The van der Waals surface area contributed by atoms with E-state index in [9.17, 15) is 4.79 Å². The van der Waals surface area contributed by atoms with Crippen LogP contribution in [0.5, 0.6) is 0 Å². The smallest absolute Gasteiger partial charge is 0.250 e. The molecule has 1 aromatic heterocycles. The summed E-state index contributed by atoms with van der Waals surface area (Å²) in [5, 5.41) is 3.00. The fraction of sp³-hybridized carbons (Fsp3) is 0.647. The first-order chi connectivity index (χ1) is 11.8. The topological polar surface area (TPSA) is 54.5 Å². The minimum atomic E-state index is -0.347. The lowest BCUT2D eigenvalue weighted by atomic mass is 10.2. The summed E-state index contributed by atoms with van der Waals surface area (Å²) in [6, 6.07) is 6.41. The summed E-state index contributed by atoms with van der Waals surface area (Å²) < 4.78 is 5.71. The van der Waals surface area contributed by atoms with Crippen LogP contribution in [0.25, 0.3) is 0 Å². The first-order valence-electron chi connectivity index (χ1n) is 8.51. The molecule has 2 saturated heterocycles. The molecular weight excluding hydrogens is 342 g/mol. The van der Waals surface area contributed by atoms with Crippen molar-refractivity contribution in [2.24, 2.45) is 0 Å². The molecule has 2 aliphatic heterocycles. The van der Waals surface area contributed by atoms with Crippen molar-refractivity contribution in [3.8, 4) is 0 Å². The lowest BCUT2D eigenvalue weighted by Crippen LogP contribution is -2.54. The third-order valence-electron chi connectivity index (χ3n) is 4.31. The Balaban J connectivity index is 1.44. The van der Waals surface area contributed by atoms with Gasteiger partial charge in [0.1, 0.15) is 6.10 Å². The van der Waals surface area contributed by atoms with Gasteiger partial charge in [0.05, 0.1) is 6.61 Å². The van der Waals surface area contributed by atoms with Crippen molar-refractivity contribution in [2.45, 2.75) is 18.6 Å². The van der Waals surface area contributed by atoms with Gasteiger partial charge >= 0.3 is 0 Å². The van der Waals surface area contributed by atoms with Gasteiger partial charge in [-0.15, -0.1) is 0 Å². The lowest BCUT2D eigenvalue weighted by molar-refractivity contribution is -0.139. The van der Waals surface area contributed by atoms with Gasteiger partial charge in [-0.05, 0) is 12.1 Å². The summed E-state index contributed by atoms with van der Waals surface area (Å²) in [7, 11) is 0. The largest absolute Gasteiger partial charge is 0.366 e. The molecule has 0 aromatic carbocycles. The van der Waals surface area contributed by atoms with E-state index in [4.69, 9.17) is 4.74 Å². The molecule has 3 rings (SSSR count). The van der Waals surface area contributed by atoms with Crippen LogP contribution in [0.1, 0.15) is 5.69 Å². The van der Waals surface area contributed by atoms with Crippen molar-refractivity contribution in [3.63, 3.8) is 0 Å². The number of aromatic nitrogens is 1. The van der Waals surface area contributed by atoms with Crippen LogP contribution >= 0.6 is 23.5 Å². The van der Waals surface area contributed by atoms with E-state index in [1.165, 1.54) is 23.0 Å². The van der Waals surface area contributed by atoms with Gasteiger partial charge in [0.15, 0.2) is 0 Å². The fourth-order valence-electron chi connectivity index (χ4n) is 2.95. The van der Waals surface area contributed by atoms with E-state index < -0.39 is 0 Å². The maximum atomic E-state index is 12.4. The van der Waals surface area contributed by atoms with Crippen LogP contribution in [-0.4, -0.2) is 77.2 Å². The molecule has 1 aromatic rings. The number of carbonyl (C=O) groups excluding carboxylic acids is 1. The van der Waals surface area contributed by atoms with Crippen LogP contribution in [0.2, 0.25) is 0 Å². The highest BCUT2D eigenvalue weighted by molar-refractivity contribution is 8.03. The average molecular weight is 368 g/mol. The highest BCUT2D eigenvalue weighted by atomic mass is 32.2. The predicted octanol–water partition coefficient (Wildman–Crippen LogP) is 1.29. The summed E-state index contributed by atoms with van der Waals surface area (Å²) in [4.78, 5) is 19.1. The fourth-order valence-corrected chi connectivity index (χ4v) is 5.58. The predicted molar refractivity (Wildman–Crippen MR) is 101 cm³/mol. The Kier molecular flexibility index (Phi) is 7.26. The highest BCUT2D eigenvalue weighted by Crippen LogP contribution is 2.22. The van der Waals surface area contributed by atoms with Gasteiger partial charge in [-0.2, -0.15) is 23.5 Å². The zero-order chi connectivity index (χ0) is 16.6. The molecule has 1 amide bonds. The van der Waals surface area contributed by atoms with Gasteiger partial charge in [0.2, 0.25) is 5.91 Å². The van der Waals surface area contributed by atoms with Gasteiger partial charge in [0.25, 0.3) is 0 Å². The van der Waals surface area contributed by atoms with Crippen molar-refractivity contribution in [1.82, 2.24) is 15.2 Å².